The minimum Gasteiger partial charge on any atom is -0.507 e. The number of hydrazone groups is 1. The lowest BCUT2D eigenvalue weighted by Gasteiger charge is -2.07. The summed E-state index contributed by atoms with van der Waals surface area (Å²) in [6.07, 6.45) is 1.78. The number of hydrogen-bond donors (Lipinski definition) is 2. The highest BCUT2D eigenvalue weighted by molar-refractivity contribution is 6.03. The number of aromatic hydroxyl groups is 1. The molecule has 1 aromatic heterocycles. The molecular weight excluding hydrogens is 263 g/mol. The van der Waals surface area contributed by atoms with Crippen molar-refractivity contribution < 1.29 is 18.7 Å². The lowest BCUT2D eigenvalue weighted by molar-refractivity contribution is 0.0927. The largest absolute Gasteiger partial charge is 0.507 e. The number of carbonyl (C=O) groups is 1. The minimum atomic E-state index is -0.517. The maximum Gasteiger partial charge on any atom is 0.307 e. The van der Waals surface area contributed by atoms with Crippen molar-refractivity contribution in [2.45, 2.75) is 13.3 Å². The summed E-state index contributed by atoms with van der Waals surface area (Å²) in [5.41, 5.74) is 2.91. The lowest BCUT2D eigenvalue weighted by atomic mass is 10.1. The van der Waals surface area contributed by atoms with Crippen LogP contribution in [0.4, 0.5) is 4.39 Å². The van der Waals surface area contributed by atoms with Gasteiger partial charge in [-0.3, -0.25) is 4.79 Å². The first kappa shape index (κ1) is 13.8. The van der Waals surface area contributed by atoms with Crippen LogP contribution in [0.25, 0.3) is 0 Å². The lowest BCUT2D eigenvalue weighted by Crippen LogP contribution is -2.19. The number of halogens is 1. The molecule has 104 valence electrons. The van der Waals surface area contributed by atoms with E-state index in [1.165, 1.54) is 18.4 Å². The molecule has 0 aliphatic heterocycles. The number of nitrogens with zero attached hydrogens (tertiary/aromatic N) is 1. The van der Waals surface area contributed by atoms with E-state index in [-0.39, 0.29) is 17.1 Å². The first-order valence-electron chi connectivity index (χ1n) is 6.01. The normalized spacial score (nSPS) is 11.4. The van der Waals surface area contributed by atoms with E-state index < -0.39 is 11.7 Å². The van der Waals surface area contributed by atoms with Gasteiger partial charge in [0.05, 0.1) is 12.0 Å². The highest BCUT2D eigenvalue weighted by Crippen LogP contribution is 2.20. The Morgan fingerprint density at radius 3 is 2.90 bits per heavy atom. The summed E-state index contributed by atoms with van der Waals surface area (Å²) in [5, 5.41) is 13.6. The summed E-state index contributed by atoms with van der Waals surface area (Å²) in [5.74, 6) is -0.986. The van der Waals surface area contributed by atoms with Gasteiger partial charge in [0, 0.05) is 5.56 Å². The van der Waals surface area contributed by atoms with Gasteiger partial charge in [0.1, 0.15) is 11.6 Å². The standard InChI is InChI=1S/C14H13FN2O3/c1-2-11(10-8-9(15)5-6-12(10)18)16-17-14(19)13-4-3-7-20-13/h3-8,18H,2H2,1H3,(H,17,19)/b16-11+. The van der Waals surface area contributed by atoms with Crippen LogP contribution in [0.3, 0.4) is 0 Å². The van der Waals surface area contributed by atoms with Crippen LogP contribution in [-0.2, 0) is 0 Å². The molecule has 0 bridgehead atoms. The van der Waals surface area contributed by atoms with Crippen LogP contribution in [0.15, 0.2) is 46.1 Å². The number of amides is 1. The van der Waals surface area contributed by atoms with Crippen molar-refractivity contribution in [3.05, 3.63) is 53.7 Å². The zero-order chi connectivity index (χ0) is 14.5. The maximum atomic E-state index is 13.2. The van der Waals surface area contributed by atoms with E-state index in [9.17, 15) is 14.3 Å². The Labute approximate surface area is 114 Å². The van der Waals surface area contributed by atoms with Crippen LogP contribution in [-0.4, -0.2) is 16.7 Å². The average Bonchev–Trinajstić information content (AvgIpc) is 2.97. The molecule has 0 fully saturated rings. The predicted molar refractivity (Wildman–Crippen MR) is 71.1 cm³/mol. The van der Waals surface area contributed by atoms with Crippen LogP contribution in [0.1, 0.15) is 29.5 Å². The number of carbonyl (C=O) groups excluding carboxylic acids is 1. The van der Waals surface area contributed by atoms with E-state index in [0.29, 0.717) is 12.1 Å². The fraction of sp³-hybridized carbons (Fsp3) is 0.143. The molecule has 0 aliphatic carbocycles. The molecule has 0 radical (unpaired) electrons. The van der Waals surface area contributed by atoms with Gasteiger partial charge >= 0.3 is 5.91 Å². The Kier molecular flexibility index (Phi) is 4.14. The van der Waals surface area contributed by atoms with E-state index in [0.717, 1.165) is 12.1 Å². The Morgan fingerprint density at radius 1 is 1.45 bits per heavy atom. The predicted octanol–water partition coefficient (Wildman–Crippen LogP) is 2.67. The van der Waals surface area contributed by atoms with E-state index in [1.807, 2.05) is 0 Å². The molecule has 0 atom stereocenters. The quantitative estimate of drug-likeness (QED) is 0.666. The number of hydrogen-bond acceptors (Lipinski definition) is 4. The number of phenolic OH excluding ortho intramolecular Hbond substituents is 1. The molecule has 2 rings (SSSR count). The fourth-order valence-electron chi connectivity index (χ4n) is 1.65. The molecule has 0 unspecified atom stereocenters. The Hall–Kier alpha value is -2.63. The number of phenols is 1. The van der Waals surface area contributed by atoms with Crippen molar-refractivity contribution in [3.8, 4) is 5.75 Å². The first-order valence-corrected chi connectivity index (χ1v) is 6.01. The molecule has 2 aromatic rings. The Bertz CT molecular complexity index is 636. The van der Waals surface area contributed by atoms with Crippen molar-refractivity contribution in [2.24, 2.45) is 5.10 Å². The molecule has 0 saturated heterocycles. The molecule has 0 spiro atoms. The number of nitrogens with one attached hydrogen (secondary N) is 1. The van der Waals surface area contributed by atoms with Crippen molar-refractivity contribution in [1.82, 2.24) is 5.43 Å². The summed E-state index contributed by atoms with van der Waals surface area (Å²) >= 11 is 0. The Morgan fingerprint density at radius 2 is 2.25 bits per heavy atom. The maximum absolute atomic E-state index is 13.2. The molecular formula is C14H13FN2O3. The molecule has 1 aromatic carbocycles. The van der Waals surface area contributed by atoms with Crippen LogP contribution in [0.2, 0.25) is 0 Å². The van der Waals surface area contributed by atoms with Crippen LogP contribution in [0.5, 0.6) is 5.75 Å². The van der Waals surface area contributed by atoms with Gasteiger partial charge in [0.15, 0.2) is 5.76 Å². The molecule has 0 aliphatic rings. The van der Waals surface area contributed by atoms with Crippen LogP contribution < -0.4 is 5.43 Å². The van der Waals surface area contributed by atoms with Crippen molar-refractivity contribution >= 4 is 11.6 Å². The second kappa shape index (κ2) is 6.01. The van der Waals surface area contributed by atoms with Crippen LogP contribution in [0, 0.1) is 5.82 Å². The summed E-state index contributed by atoms with van der Waals surface area (Å²) in [4.78, 5) is 11.7. The summed E-state index contributed by atoms with van der Waals surface area (Å²) < 4.78 is 18.1. The van der Waals surface area contributed by atoms with Gasteiger partial charge < -0.3 is 9.52 Å². The molecule has 1 amide bonds. The SMILES string of the molecule is CC/C(=N\NC(=O)c1ccco1)c1cc(F)ccc1O. The summed E-state index contributed by atoms with van der Waals surface area (Å²) in [7, 11) is 0. The Balaban J connectivity index is 2.21. The molecule has 1 heterocycles. The van der Waals surface area contributed by atoms with Gasteiger partial charge in [-0.2, -0.15) is 5.10 Å². The highest BCUT2D eigenvalue weighted by atomic mass is 19.1. The third kappa shape index (κ3) is 3.03. The third-order valence-corrected chi connectivity index (χ3v) is 2.64. The summed E-state index contributed by atoms with van der Waals surface area (Å²) in [6, 6.07) is 6.63. The fourth-order valence-corrected chi connectivity index (χ4v) is 1.65. The second-order valence-electron chi connectivity index (χ2n) is 3.99. The van der Waals surface area contributed by atoms with Gasteiger partial charge in [-0.1, -0.05) is 6.92 Å². The summed E-state index contributed by atoms with van der Waals surface area (Å²) in [6.45, 7) is 1.78. The average molecular weight is 276 g/mol. The number of benzene rings is 1. The number of rotatable bonds is 4. The smallest absolute Gasteiger partial charge is 0.307 e. The van der Waals surface area contributed by atoms with Crippen LogP contribution >= 0.6 is 0 Å². The van der Waals surface area contributed by atoms with Gasteiger partial charge in [-0.05, 0) is 36.8 Å². The van der Waals surface area contributed by atoms with Gasteiger partial charge in [-0.15, -0.1) is 0 Å². The molecule has 0 saturated carbocycles. The third-order valence-electron chi connectivity index (χ3n) is 2.64. The molecule has 5 nitrogen and oxygen atoms in total. The van der Waals surface area contributed by atoms with E-state index in [2.05, 4.69) is 10.5 Å². The zero-order valence-corrected chi connectivity index (χ0v) is 10.8. The van der Waals surface area contributed by atoms with Gasteiger partial charge in [0.2, 0.25) is 0 Å². The monoisotopic (exact) mass is 276 g/mol. The van der Waals surface area contributed by atoms with Gasteiger partial charge in [-0.25, -0.2) is 9.82 Å². The van der Waals surface area contributed by atoms with Gasteiger partial charge in [0.25, 0.3) is 0 Å². The van der Waals surface area contributed by atoms with Crippen molar-refractivity contribution in [2.75, 3.05) is 0 Å². The van der Waals surface area contributed by atoms with E-state index >= 15 is 0 Å². The minimum absolute atomic E-state index is 0.0979. The first-order chi connectivity index (χ1) is 9.61. The van der Waals surface area contributed by atoms with Crippen molar-refractivity contribution in [1.29, 1.82) is 0 Å². The molecule has 2 N–H and O–H groups in total. The molecule has 6 heteroatoms. The zero-order valence-electron chi connectivity index (χ0n) is 10.8. The van der Waals surface area contributed by atoms with E-state index in [4.69, 9.17) is 4.42 Å². The topological polar surface area (TPSA) is 74.8 Å². The highest BCUT2D eigenvalue weighted by Gasteiger charge is 2.11. The number of furan rings is 1. The van der Waals surface area contributed by atoms with E-state index in [1.54, 1.807) is 13.0 Å². The van der Waals surface area contributed by atoms with Crippen molar-refractivity contribution in [3.63, 3.8) is 0 Å². The second-order valence-corrected chi connectivity index (χ2v) is 3.99. The molecule has 20 heavy (non-hydrogen) atoms.